The average Bonchev–Trinajstić information content (AvgIpc) is 3.11. The maximum atomic E-state index is 12.1. The second kappa shape index (κ2) is 9.33. The van der Waals surface area contributed by atoms with Crippen LogP contribution in [0.4, 0.5) is 10.7 Å². The summed E-state index contributed by atoms with van der Waals surface area (Å²) in [5, 5.41) is 10.1. The molecule has 6 heteroatoms. The van der Waals surface area contributed by atoms with E-state index < -0.39 is 0 Å². The molecule has 27 heavy (non-hydrogen) atoms. The molecule has 0 bridgehead atoms. The fourth-order valence-electron chi connectivity index (χ4n) is 2.48. The number of aromatic nitrogens is 2. The van der Waals surface area contributed by atoms with Gasteiger partial charge in [0.15, 0.2) is 0 Å². The first-order chi connectivity index (χ1) is 13.3. The van der Waals surface area contributed by atoms with E-state index in [1.807, 2.05) is 60.7 Å². The maximum Gasteiger partial charge on any atom is 0.321 e. The number of urea groups is 1. The van der Waals surface area contributed by atoms with Gasteiger partial charge in [0.1, 0.15) is 0 Å². The average molecular weight is 361 g/mol. The van der Waals surface area contributed by atoms with Crippen LogP contribution in [0.2, 0.25) is 0 Å². The number of anilines is 1. The van der Waals surface area contributed by atoms with Crippen LogP contribution in [0.1, 0.15) is 25.3 Å². The predicted molar refractivity (Wildman–Crippen MR) is 109 cm³/mol. The number of imidazole rings is 1. The Bertz CT molecular complexity index is 887. The molecule has 0 radical (unpaired) electrons. The Balaban J connectivity index is 1.84. The van der Waals surface area contributed by atoms with Gasteiger partial charge in [-0.15, -0.1) is 0 Å². The fraction of sp³-hybridized carbons (Fsp3) is 0.190. The van der Waals surface area contributed by atoms with Crippen molar-refractivity contribution >= 4 is 18.2 Å². The Morgan fingerprint density at radius 3 is 2.52 bits per heavy atom. The smallest absolute Gasteiger partial charge is 0.321 e. The zero-order chi connectivity index (χ0) is 18.9. The van der Waals surface area contributed by atoms with Crippen LogP contribution in [-0.4, -0.2) is 28.5 Å². The lowest BCUT2D eigenvalue weighted by atomic mass is 10.2. The van der Waals surface area contributed by atoms with Crippen molar-refractivity contribution in [2.24, 2.45) is 5.10 Å². The zero-order valence-corrected chi connectivity index (χ0v) is 15.3. The lowest BCUT2D eigenvalue weighted by Gasteiger charge is -2.06. The van der Waals surface area contributed by atoms with Gasteiger partial charge in [-0.2, -0.15) is 5.10 Å². The summed E-state index contributed by atoms with van der Waals surface area (Å²) in [6.45, 7) is 2.71. The highest BCUT2D eigenvalue weighted by Gasteiger charge is 2.11. The molecule has 138 valence electrons. The van der Waals surface area contributed by atoms with Crippen LogP contribution in [0.15, 0.2) is 72.0 Å². The first kappa shape index (κ1) is 18.4. The number of benzene rings is 2. The molecule has 0 unspecified atom stereocenters. The van der Waals surface area contributed by atoms with E-state index in [0.29, 0.717) is 12.5 Å². The number of hydrogen-bond acceptors (Lipinski definition) is 3. The van der Waals surface area contributed by atoms with E-state index >= 15 is 0 Å². The summed E-state index contributed by atoms with van der Waals surface area (Å²) in [6, 6.07) is 19.3. The van der Waals surface area contributed by atoms with Gasteiger partial charge in [0.2, 0.25) is 5.95 Å². The number of hydrogen-bond donors (Lipinski definition) is 2. The SMILES string of the molecule is CCCCNC(=O)Nc1nc(-c2ccccc2)cn1/N=C/c1ccccc1. The third-order valence-corrected chi connectivity index (χ3v) is 3.93. The minimum absolute atomic E-state index is 0.287. The van der Waals surface area contributed by atoms with Gasteiger partial charge in [0.25, 0.3) is 0 Å². The molecule has 0 fully saturated rings. The number of nitrogens with one attached hydrogen (secondary N) is 2. The molecule has 0 atom stereocenters. The molecule has 0 saturated carbocycles. The van der Waals surface area contributed by atoms with Crippen molar-refractivity contribution in [3.05, 3.63) is 72.4 Å². The molecule has 1 aromatic heterocycles. The second-order valence-corrected chi connectivity index (χ2v) is 6.05. The van der Waals surface area contributed by atoms with E-state index in [4.69, 9.17) is 0 Å². The Hall–Kier alpha value is -3.41. The van der Waals surface area contributed by atoms with E-state index in [2.05, 4.69) is 27.6 Å². The van der Waals surface area contributed by atoms with Gasteiger partial charge in [0.05, 0.1) is 18.1 Å². The summed E-state index contributed by atoms with van der Waals surface area (Å²) in [4.78, 5) is 16.7. The monoisotopic (exact) mass is 361 g/mol. The van der Waals surface area contributed by atoms with Crippen molar-refractivity contribution in [3.8, 4) is 11.3 Å². The van der Waals surface area contributed by atoms with Gasteiger partial charge in [-0.05, 0) is 12.0 Å². The highest BCUT2D eigenvalue weighted by molar-refractivity contribution is 5.88. The molecule has 2 N–H and O–H groups in total. The molecular formula is C21H23N5O. The normalized spacial score (nSPS) is 10.9. The number of amides is 2. The van der Waals surface area contributed by atoms with Crippen LogP contribution in [0.5, 0.6) is 0 Å². The van der Waals surface area contributed by atoms with Gasteiger partial charge < -0.3 is 5.32 Å². The Labute approximate surface area is 159 Å². The molecule has 6 nitrogen and oxygen atoms in total. The zero-order valence-electron chi connectivity index (χ0n) is 15.3. The fourth-order valence-corrected chi connectivity index (χ4v) is 2.48. The minimum atomic E-state index is -0.287. The van der Waals surface area contributed by atoms with E-state index in [1.165, 1.54) is 0 Å². The van der Waals surface area contributed by atoms with E-state index in [0.717, 1.165) is 29.7 Å². The highest BCUT2D eigenvalue weighted by Crippen LogP contribution is 2.20. The summed E-state index contributed by atoms with van der Waals surface area (Å²) >= 11 is 0. The Morgan fingerprint density at radius 2 is 1.81 bits per heavy atom. The van der Waals surface area contributed by atoms with Crippen molar-refractivity contribution in [2.75, 3.05) is 11.9 Å². The molecule has 0 aliphatic carbocycles. The molecule has 2 amide bonds. The summed E-state index contributed by atoms with van der Waals surface area (Å²) < 4.78 is 1.58. The van der Waals surface area contributed by atoms with Crippen LogP contribution in [0.3, 0.4) is 0 Å². The molecule has 0 spiro atoms. The number of rotatable bonds is 7. The first-order valence-electron chi connectivity index (χ1n) is 9.05. The standard InChI is InChI=1S/C21H23N5O/c1-2-3-14-22-21(27)25-20-24-19(18-12-8-5-9-13-18)16-26(20)23-15-17-10-6-4-7-11-17/h4-13,15-16H,2-3,14H2,1H3,(H2,22,24,25,27)/b23-15+. The lowest BCUT2D eigenvalue weighted by Crippen LogP contribution is -2.30. The molecule has 1 heterocycles. The third kappa shape index (κ3) is 5.28. The molecular weight excluding hydrogens is 338 g/mol. The van der Waals surface area contributed by atoms with Crippen LogP contribution < -0.4 is 10.6 Å². The quantitative estimate of drug-likeness (QED) is 0.485. The largest absolute Gasteiger partial charge is 0.338 e. The molecule has 0 aliphatic rings. The van der Waals surface area contributed by atoms with Crippen molar-refractivity contribution in [1.82, 2.24) is 15.0 Å². The summed E-state index contributed by atoms with van der Waals surface area (Å²) in [5.74, 6) is 0.370. The van der Waals surface area contributed by atoms with Gasteiger partial charge in [0, 0.05) is 12.1 Å². The Morgan fingerprint density at radius 1 is 1.11 bits per heavy atom. The number of nitrogens with zero attached hydrogens (tertiary/aromatic N) is 3. The summed E-state index contributed by atoms with van der Waals surface area (Å²) in [5.41, 5.74) is 2.66. The van der Waals surface area contributed by atoms with Gasteiger partial charge in [-0.1, -0.05) is 74.0 Å². The molecule has 3 rings (SSSR count). The Kier molecular flexibility index (Phi) is 6.35. The second-order valence-electron chi connectivity index (χ2n) is 6.05. The third-order valence-electron chi connectivity index (χ3n) is 3.93. The topological polar surface area (TPSA) is 71.3 Å². The maximum absolute atomic E-state index is 12.1. The van der Waals surface area contributed by atoms with E-state index in [9.17, 15) is 4.79 Å². The molecule has 0 aliphatic heterocycles. The highest BCUT2D eigenvalue weighted by atomic mass is 16.2. The van der Waals surface area contributed by atoms with Crippen molar-refractivity contribution < 1.29 is 4.79 Å². The van der Waals surface area contributed by atoms with Crippen molar-refractivity contribution in [1.29, 1.82) is 0 Å². The van der Waals surface area contributed by atoms with Gasteiger partial charge in [-0.3, -0.25) is 5.32 Å². The summed E-state index contributed by atoms with van der Waals surface area (Å²) in [6.07, 6.45) is 5.49. The number of carbonyl (C=O) groups excluding carboxylic acids is 1. The first-order valence-corrected chi connectivity index (χ1v) is 9.05. The van der Waals surface area contributed by atoms with Crippen LogP contribution >= 0.6 is 0 Å². The van der Waals surface area contributed by atoms with Crippen LogP contribution in [0, 0.1) is 0 Å². The van der Waals surface area contributed by atoms with Gasteiger partial charge in [-0.25, -0.2) is 14.5 Å². The van der Waals surface area contributed by atoms with E-state index in [1.54, 1.807) is 17.1 Å². The number of unbranched alkanes of at least 4 members (excludes halogenated alkanes) is 1. The lowest BCUT2D eigenvalue weighted by molar-refractivity contribution is 0.251. The minimum Gasteiger partial charge on any atom is -0.338 e. The van der Waals surface area contributed by atoms with E-state index in [-0.39, 0.29) is 6.03 Å². The summed E-state index contributed by atoms with van der Waals surface area (Å²) in [7, 11) is 0. The van der Waals surface area contributed by atoms with Crippen LogP contribution in [-0.2, 0) is 0 Å². The van der Waals surface area contributed by atoms with Gasteiger partial charge >= 0.3 is 6.03 Å². The molecule has 0 saturated heterocycles. The molecule has 2 aromatic carbocycles. The number of carbonyl (C=O) groups is 1. The van der Waals surface area contributed by atoms with Crippen molar-refractivity contribution in [2.45, 2.75) is 19.8 Å². The predicted octanol–water partition coefficient (Wildman–Crippen LogP) is 4.35. The van der Waals surface area contributed by atoms with Crippen LogP contribution in [0.25, 0.3) is 11.3 Å². The van der Waals surface area contributed by atoms with Crippen molar-refractivity contribution in [3.63, 3.8) is 0 Å². The molecule has 3 aromatic rings.